The molecular formula is C17H22FN3OS. The highest BCUT2D eigenvalue weighted by atomic mass is 32.1. The molecule has 0 spiro atoms. The topological polar surface area (TPSA) is 45.2 Å². The monoisotopic (exact) mass is 335 g/mol. The van der Waals surface area contributed by atoms with Crippen LogP contribution in [-0.4, -0.2) is 29.9 Å². The predicted octanol–water partition coefficient (Wildman–Crippen LogP) is 3.07. The van der Waals surface area contributed by atoms with Crippen molar-refractivity contribution in [3.8, 4) is 0 Å². The number of aromatic nitrogens is 1. The second-order valence-corrected chi connectivity index (χ2v) is 6.85. The number of aryl methyl sites for hydroxylation is 2. The fraction of sp³-hybridized carbons (Fsp3) is 0.412. The standard InChI is InChI=1S/C17H22FN3OS/c1-5-14-15(23-11(2)20-14)10-19-17(22)16(21(3)4)12-8-6-7-9-13(12)18/h6-9,16H,5,10H2,1-4H3,(H,19,22)/t16-/m0/s1. The number of thiazole rings is 1. The zero-order valence-electron chi connectivity index (χ0n) is 13.9. The maximum Gasteiger partial charge on any atom is 0.242 e. The number of likely N-dealkylation sites (N-methyl/N-ethyl adjacent to an activating group) is 1. The predicted molar refractivity (Wildman–Crippen MR) is 90.9 cm³/mol. The molecule has 2 rings (SSSR count). The van der Waals surface area contributed by atoms with Gasteiger partial charge in [-0.1, -0.05) is 25.1 Å². The summed E-state index contributed by atoms with van der Waals surface area (Å²) >= 11 is 1.59. The third-order valence-electron chi connectivity index (χ3n) is 3.61. The fourth-order valence-corrected chi connectivity index (χ4v) is 3.51. The number of halogens is 1. The lowest BCUT2D eigenvalue weighted by molar-refractivity contribution is -0.126. The third-order valence-corrected chi connectivity index (χ3v) is 4.62. The smallest absolute Gasteiger partial charge is 0.242 e. The van der Waals surface area contributed by atoms with Crippen LogP contribution >= 0.6 is 11.3 Å². The first kappa shape index (κ1) is 17.6. The first-order chi connectivity index (χ1) is 10.9. The Bertz CT molecular complexity index is 684. The molecule has 6 heteroatoms. The number of carbonyl (C=O) groups is 1. The molecule has 0 aliphatic carbocycles. The van der Waals surface area contributed by atoms with E-state index < -0.39 is 6.04 Å². The van der Waals surface area contributed by atoms with E-state index >= 15 is 0 Å². The van der Waals surface area contributed by atoms with Gasteiger partial charge in [-0.2, -0.15) is 0 Å². The molecule has 0 radical (unpaired) electrons. The van der Waals surface area contributed by atoms with E-state index in [2.05, 4.69) is 10.3 Å². The molecule has 1 atom stereocenters. The van der Waals surface area contributed by atoms with Crippen LogP contribution in [0.3, 0.4) is 0 Å². The summed E-state index contributed by atoms with van der Waals surface area (Å²) in [7, 11) is 3.54. The molecule has 1 N–H and O–H groups in total. The van der Waals surface area contributed by atoms with E-state index in [-0.39, 0.29) is 11.7 Å². The van der Waals surface area contributed by atoms with Gasteiger partial charge >= 0.3 is 0 Å². The van der Waals surface area contributed by atoms with Crippen LogP contribution in [0.15, 0.2) is 24.3 Å². The van der Waals surface area contributed by atoms with Gasteiger partial charge in [0, 0.05) is 10.4 Å². The highest BCUT2D eigenvalue weighted by Gasteiger charge is 2.25. The van der Waals surface area contributed by atoms with Crippen molar-refractivity contribution < 1.29 is 9.18 Å². The minimum atomic E-state index is -0.657. The van der Waals surface area contributed by atoms with Gasteiger partial charge < -0.3 is 5.32 Å². The second-order valence-electron chi connectivity index (χ2n) is 5.56. The minimum Gasteiger partial charge on any atom is -0.349 e. The van der Waals surface area contributed by atoms with Crippen molar-refractivity contribution in [1.82, 2.24) is 15.2 Å². The molecular weight excluding hydrogens is 313 g/mol. The van der Waals surface area contributed by atoms with Gasteiger partial charge in [0.2, 0.25) is 5.91 Å². The Balaban J connectivity index is 2.15. The normalized spacial score (nSPS) is 12.4. The average Bonchev–Trinajstić information content (AvgIpc) is 2.87. The van der Waals surface area contributed by atoms with Crippen molar-refractivity contribution in [2.75, 3.05) is 14.1 Å². The number of benzene rings is 1. The summed E-state index contributed by atoms with van der Waals surface area (Å²) in [6.07, 6.45) is 0.833. The molecule has 1 aromatic carbocycles. The first-order valence-electron chi connectivity index (χ1n) is 7.57. The molecule has 1 amide bonds. The van der Waals surface area contributed by atoms with Gasteiger partial charge in [0.05, 0.1) is 17.2 Å². The van der Waals surface area contributed by atoms with Gasteiger partial charge in [-0.3, -0.25) is 9.69 Å². The Kier molecular flexibility index (Phi) is 5.85. The Labute approximate surface area is 140 Å². The Morgan fingerprint density at radius 1 is 1.39 bits per heavy atom. The first-order valence-corrected chi connectivity index (χ1v) is 8.39. The van der Waals surface area contributed by atoms with Gasteiger partial charge in [-0.15, -0.1) is 11.3 Å². The molecule has 124 valence electrons. The maximum atomic E-state index is 14.0. The SMILES string of the molecule is CCc1nc(C)sc1CNC(=O)[C@H](c1ccccc1F)N(C)C. The number of nitrogens with one attached hydrogen (secondary N) is 1. The molecule has 0 aliphatic rings. The van der Waals surface area contributed by atoms with Gasteiger partial charge in [0.25, 0.3) is 0 Å². The number of hydrogen-bond donors (Lipinski definition) is 1. The Morgan fingerprint density at radius 3 is 2.70 bits per heavy atom. The van der Waals surface area contributed by atoms with Gasteiger partial charge in [0.15, 0.2) is 0 Å². The van der Waals surface area contributed by atoms with Crippen molar-refractivity contribution in [2.24, 2.45) is 0 Å². The molecule has 0 saturated carbocycles. The third kappa shape index (κ3) is 4.14. The second kappa shape index (κ2) is 7.66. The number of nitrogens with zero attached hydrogens (tertiary/aromatic N) is 2. The van der Waals surface area contributed by atoms with E-state index in [1.807, 2.05) is 13.8 Å². The summed E-state index contributed by atoms with van der Waals surface area (Å²) in [5, 5.41) is 3.91. The van der Waals surface area contributed by atoms with Gasteiger partial charge in [0.1, 0.15) is 11.9 Å². The van der Waals surface area contributed by atoms with Crippen molar-refractivity contribution in [3.63, 3.8) is 0 Å². The van der Waals surface area contributed by atoms with Crippen molar-refractivity contribution in [2.45, 2.75) is 32.9 Å². The van der Waals surface area contributed by atoms with Crippen LogP contribution in [0.5, 0.6) is 0 Å². The number of hydrogen-bond acceptors (Lipinski definition) is 4. The molecule has 2 aromatic rings. The molecule has 4 nitrogen and oxygen atoms in total. The largest absolute Gasteiger partial charge is 0.349 e. The van der Waals surface area contributed by atoms with Crippen LogP contribution in [-0.2, 0) is 17.8 Å². The highest BCUT2D eigenvalue weighted by Crippen LogP contribution is 2.23. The lowest BCUT2D eigenvalue weighted by Crippen LogP contribution is -2.37. The summed E-state index contributed by atoms with van der Waals surface area (Å²) < 4.78 is 14.0. The lowest BCUT2D eigenvalue weighted by atomic mass is 10.0. The minimum absolute atomic E-state index is 0.215. The van der Waals surface area contributed by atoms with E-state index in [9.17, 15) is 9.18 Å². The van der Waals surface area contributed by atoms with Gasteiger partial charge in [-0.25, -0.2) is 9.37 Å². The molecule has 0 bridgehead atoms. The van der Waals surface area contributed by atoms with Crippen molar-refractivity contribution >= 4 is 17.2 Å². The van der Waals surface area contributed by atoms with E-state index in [0.717, 1.165) is 22.0 Å². The van der Waals surface area contributed by atoms with Gasteiger partial charge in [-0.05, 0) is 33.5 Å². The number of rotatable bonds is 6. The van der Waals surface area contributed by atoms with Crippen LogP contribution in [0.25, 0.3) is 0 Å². The summed E-state index contributed by atoms with van der Waals surface area (Å²) in [6.45, 7) is 4.42. The zero-order valence-corrected chi connectivity index (χ0v) is 14.7. The van der Waals surface area contributed by atoms with Crippen LogP contribution in [0.1, 0.15) is 34.1 Å². The summed E-state index contributed by atoms with van der Waals surface area (Å²) in [5.74, 6) is -0.586. The quantitative estimate of drug-likeness (QED) is 0.882. The Morgan fingerprint density at radius 2 is 2.09 bits per heavy atom. The van der Waals surface area contributed by atoms with Crippen LogP contribution in [0.4, 0.5) is 4.39 Å². The molecule has 0 fully saturated rings. The number of amides is 1. The molecule has 0 saturated heterocycles. The zero-order chi connectivity index (χ0) is 17.0. The number of carbonyl (C=O) groups excluding carboxylic acids is 1. The average molecular weight is 335 g/mol. The molecule has 0 aliphatic heterocycles. The summed E-state index contributed by atoms with van der Waals surface area (Å²) in [5.41, 5.74) is 1.39. The molecule has 0 unspecified atom stereocenters. The van der Waals surface area contributed by atoms with Crippen LogP contribution in [0, 0.1) is 12.7 Å². The lowest BCUT2D eigenvalue weighted by Gasteiger charge is -2.24. The van der Waals surface area contributed by atoms with Crippen LogP contribution in [0.2, 0.25) is 0 Å². The van der Waals surface area contributed by atoms with E-state index in [4.69, 9.17) is 0 Å². The van der Waals surface area contributed by atoms with E-state index in [1.165, 1.54) is 6.07 Å². The molecule has 1 heterocycles. The molecule has 1 aromatic heterocycles. The fourth-order valence-electron chi connectivity index (χ4n) is 2.54. The van der Waals surface area contributed by atoms with Crippen LogP contribution < -0.4 is 5.32 Å². The van der Waals surface area contributed by atoms with E-state index in [0.29, 0.717) is 12.1 Å². The Hall–Kier alpha value is -1.79. The van der Waals surface area contributed by atoms with Crippen molar-refractivity contribution in [1.29, 1.82) is 0 Å². The van der Waals surface area contributed by atoms with Crippen molar-refractivity contribution in [3.05, 3.63) is 51.2 Å². The van der Waals surface area contributed by atoms with E-state index in [1.54, 1.807) is 48.5 Å². The maximum absolute atomic E-state index is 14.0. The summed E-state index contributed by atoms with van der Waals surface area (Å²) in [6, 6.07) is 5.73. The highest BCUT2D eigenvalue weighted by molar-refractivity contribution is 7.11. The molecule has 23 heavy (non-hydrogen) atoms. The summed E-state index contributed by atoms with van der Waals surface area (Å²) in [4.78, 5) is 19.8.